The summed E-state index contributed by atoms with van der Waals surface area (Å²) in [4.78, 5) is 12.1. The molecule has 1 aliphatic carbocycles. The summed E-state index contributed by atoms with van der Waals surface area (Å²) in [5.74, 6) is -0.480. The van der Waals surface area contributed by atoms with E-state index in [9.17, 15) is 13.2 Å². The van der Waals surface area contributed by atoms with Gasteiger partial charge in [-0.25, -0.2) is 18.4 Å². The second kappa shape index (κ2) is 6.58. The predicted molar refractivity (Wildman–Crippen MR) is 79.5 cm³/mol. The number of hydrogen-bond acceptors (Lipinski definition) is 4. The molecule has 0 amide bonds. The van der Waals surface area contributed by atoms with Crippen molar-refractivity contribution in [1.29, 1.82) is 0 Å². The molecule has 2 rings (SSSR count). The van der Waals surface area contributed by atoms with E-state index in [2.05, 4.69) is 0 Å². The molecule has 5 nitrogen and oxygen atoms in total. The van der Waals surface area contributed by atoms with Crippen molar-refractivity contribution in [2.24, 2.45) is 5.14 Å². The number of aryl methyl sites for hydroxylation is 1. The highest BCUT2D eigenvalue weighted by Crippen LogP contribution is 2.22. The van der Waals surface area contributed by atoms with Crippen LogP contribution in [0, 0.1) is 6.92 Å². The summed E-state index contributed by atoms with van der Waals surface area (Å²) >= 11 is 0. The summed E-state index contributed by atoms with van der Waals surface area (Å²) < 4.78 is 28.5. The smallest absolute Gasteiger partial charge is 0.338 e. The number of sulfonamides is 1. The molecule has 1 aromatic rings. The average Bonchev–Trinajstić information content (AvgIpc) is 2.66. The van der Waals surface area contributed by atoms with Crippen molar-refractivity contribution < 1.29 is 17.9 Å². The van der Waals surface area contributed by atoms with Crippen molar-refractivity contribution in [2.45, 2.75) is 56.4 Å². The Hall–Kier alpha value is -1.40. The van der Waals surface area contributed by atoms with Crippen molar-refractivity contribution in [3.63, 3.8) is 0 Å². The third-order valence-electron chi connectivity index (χ3n) is 3.81. The second-order valence-corrected chi connectivity index (χ2v) is 7.07. The zero-order valence-corrected chi connectivity index (χ0v) is 13.0. The number of benzene rings is 1. The fraction of sp³-hybridized carbons (Fsp3) is 0.533. The molecule has 1 saturated carbocycles. The van der Waals surface area contributed by atoms with Crippen molar-refractivity contribution in [3.8, 4) is 0 Å². The third-order valence-corrected chi connectivity index (χ3v) is 4.86. The van der Waals surface area contributed by atoms with Gasteiger partial charge >= 0.3 is 5.97 Å². The van der Waals surface area contributed by atoms with E-state index in [4.69, 9.17) is 9.88 Å². The van der Waals surface area contributed by atoms with Crippen molar-refractivity contribution >= 4 is 16.0 Å². The lowest BCUT2D eigenvalue weighted by Crippen LogP contribution is -2.19. The topological polar surface area (TPSA) is 86.5 Å². The molecule has 0 unspecified atom stereocenters. The van der Waals surface area contributed by atoms with E-state index < -0.39 is 16.0 Å². The maximum Gasteiger partial charge on any atom is 0.338 e. The van der Waals surface area contributed by atoms with Crippen LogP contribution in [0.2, 0.25) is 0 Å². The average molecular weight is 311 g/mol. The third kappa shape index (κ3) is 4.28. The minimum absolute atomic E-state index is 0.0298. The summed E-state index contributed by atoms with van der Waals surface area (Å²) in [7, 11) is -3.84. The molecule has 2 N–H and O–H groups in total. The minimum Gasteiger partial charge on any atom is -0.459 e. The van der Waals surface area contributed by atoms with Gasteiger partial charge in [-0.3, -0.25) is 0 Å². The molecule has 0 heterocycles. The molecule has 0 atom stereocenters. The molecule has 1 aliphatic rings. The Kier molecular flexibility index (Phi) is 5.00. The van der Waals surface area contributed by atoms with E-state index >= 15 is 0 Å². The van der Waals surface area contributed by atoms with E-state index in [1.807, 2.05) is 0 Å². The number of carbonyl (C=O) groups is 1. The first kappa shape index (κ1) is 16.0. The van der Waals surface area contributed by atoms with Crippen molar-refractivity contribution in [1.82, 2.24) is 0 Å². The molecule has 0 aliphatic heterocycles. The van der Waals surface area contributed by atoms with E-state index in [0.29, 0.717) is 5.56 Å². The van der Waals surface area contributed by atoms with Crippen molar-refractivity contribution in [3.05, 3.63) is 29.3 Å². The van der Waals surface area contributed by atoms with E-state index in [1.54, 1.807) is 19.1 Å². The zero-order chi connectivity index (χ0) is 15.5. The van der Waals surface area contributed by atoms with Crippen LogP contribution in [0.5, 0.6) is 0 Å². The Bertz CT molecular complexity index is 617. The lowest BCUT2D eigenvalue weighted by atomic mass is 10.1. The van der Waals surface area contributed by atoms with E-state index in [-0.39, 0.29) is 16.6 Å². The number of rotatable bonds is 3. The molecule has 0 spiro atoms. The van der Waals surface area contributed by atoms with Gasteiger partial charge in [-0.05, 0) is 50.3 Å². The summed E-state index contributed by atoms with van der Waals surface area (Å²) in [5.41, 5.74) is 0.748. The van der Waals surface area contributed by atoms with Gasteiger partial charge in [0.05, 0.1) is 10.5 Å². The molecule has 0 bridgehead atoms. The summed E-state index contributed by atoms with van der Waals surface area (Å²) in [6.45, 7) is 1.64. The minimum atomic E-state index is -3.84. The number of carbonyl (C=O) groups excluding carboxylic acids is 1. The van der Waals surface area contributed by atoms with Crippen LogP contribution in [0.25, 0.3) is 0 Å². The maximum atomic E-state index is 12.2. The Morgan fingerprint density at radius 2 is 1.81 bits per heavy atom. The lowest BCUT2D eigenvalue weighted by molar-refractivity contribution is 0.0267. The van der Waals surface area contributed by atoms with Crippen LogP contribution >= 0.6 is 0 Å². The van der Waals surface area contributed by atoms with Crippen LogP contribution in [0.4, 0.5) is 0 Å². The van der Waals surface area contributed by atoms with Crippen LogP contribution in [0.3, 0.4) is 0 Å². The van der Waals surface area contributed by atoms with Crippen LogP contribution in [0.15, 0.2) is 23.1 Å². The fourth-order valence-corrected chi connectivity index (χ4v) is 3.42. The summed E-state index contributed by atoms with van der Waals surface area (Å²) in [6.07, 6.45) is 6.16. The van der Waals surface area contributed by atoms with Gasteiger partial charge in [0.1, 0.15) is 6.10 Å². The molecular formula is C15H21NO4S. The van der Waals surface area contributed by atoms with Gasteiger partial charge < -0.3 is 4.74 Å². The Balaban J connectivity index is 2.16. The SMILES string of the molecule is Cc1ccc(C(=O)OC2CCCCCC2)cc1S(N)(=O)=O. The largest absolute Gasteiger partial charge is 0.459 e. The molecule has 6 heteroatoms. The van der Waals surface area contributed by atoms with E-state index in [1.165, 1.54) is 18.9 Å². The molecule has 1 aromatic carbocycles. The Labute approximate surface area is 125 Å². The number of esters is 1. The van der Waals surface area contributed by atoms with Gasteiger partial charge in [0.15, 0.2) is 0 Å². The predicted octanol–water partition coefficient (Wildman–Crippen LogP) is 2.52. The van der Waals surface area contributed by atoms with E-state index in [0.717, 1.165) is 25.7 Å². The van der Waals surface area contributed by atoms with Crippen LogP contribution in [0.1, 0.15) is 54.4 Å². The summed E-state index contributed by atoms with van der Waals surface area (Å²) in [5, 5.41) is 5.15. The van der Waals surface area contributed by atoms with Crippen LogP contribution in [-0.2, 0) is 14.8 Å². The van der Waals surface area contributed by atoms with Crippen LogP contribution in [-0.4, -0.2) is 20.5 Å². The van der Waals surface area contributed by atoms with Crippen molar-refractivity contribution in [2.75, 3.05) is 0 Å². The first-order valence-corrected chi connectivity index (χ1v) is 8.77. The number of hydrogen-bond donors (Lipinski definition) is 1. The first-order chi connectivity index (χ1) is 9.88. The number of ether oxygens (including phenoxy) is 1. The molecule has 21 heavy (non-hydrogen) atoms. The highest BCUT2D eigenvalue weighted by Gasteiger charge is 2.20. The number of primary sulfonamides is 1. The second-order valence-electron chi connectivity index (χ2n) is 5.54. The van der Waals surface area contributed by atoms with Gasteiger partial charge in [-0.2, -0.15) is 0 Å². The Morgan fingerprint density at radius 3 is 2.38 bits per heavy atom. The standard InChI is InChI=1S/C15H21NO4S/c1-11-8-9-12(10-14(11)21(16,18)19)15(17)20-13-6-4-2-3-5-7-13/h8-10,13H,2-7H2,1H3,(H2,16,18,19). The highest BCUT2D eigenvalue weighted by atomic mass is 32.2. The lowest BCUT2D eigenvalue weighted by Gasteiger charge is -2.16. The quantitative estimate of drug-likeness (QED) is 0.686. The van der Waals surface area contributed by atoms with Gasteiger partial charge in [0.2, 0.25) is 10.0 Å². The normalized spacial score (nSPS) is 17.2. The molecule has 0 radical (unpaired) electrons. The molecule has 0 saturated heterocycles. The van der Waals surface area contributed by atoms with Gasteiger partial charge in [0, 0.05) is 0 Å². The summed E-state index contributed by atoms with van der Waals surface area (Å²) in [6, 6.07) is 4.44. The molecular weight excluding hydrogens is 290 g/mol. The Morgan fingerprint density at radius 1 is 1.19 bits per heavy atom. The zero-order valence-electron chi connectivity index (χ0n) is 12.2. The number of nitrogens with two attached hydrogens (primary N) is 1. The molecule has 0 aromatic heterocycles. The van der Waals surface area contributed by atoms with Gasteiger partial charge in [-0.15, -0.1) is 0 Å². The van der Waals surface area contributed by atoms with Gasteiger partial charge in [-0.1, -0.05) is 18.9 Å². The maximum absolute atomic E-state index is 12.2. The molecule has 116 valence electrons. The highest BCUT2D eigenvalue weighted by molar-refractivity contribution is 7.89. The van der Waals surface area contributed by atoms with Crippen LogP contribution < -0.4 is 5.14 Å². The van der Waals surface area contributed by atoms with Gasteiger partial charge in [0.25, 0.3) is 0 Å². The fourth-order valence-electron chi connectivity index (χ4n) is 2.61. The monoisotopic (exact) mass is 311 g/mol. The first-order valence-electron chi connectivity index (χ1n) is 7.22. The molecule has 1 fully saturated rings.